The van der Waals surface area contributed by atoms with Gasteiger partial charge in [-0.05, 0) is 30.9 Å². The quantitative estimate of drug-likeness (QED) is 0.829. The average Bonchev–Trinajstić information content (AvgIpc) is 2.47. The van der Waals surface area contributed by atoms with Crippen LogP contribution in [-0.2, 0) is 16.0 Å². The smallest absolute Gasteiger partial charge is 0.307 e. The fourth-order valence-electron chi connectivity index (χ4n) is 2.55. The van der Waals surface area contributed by atoms with Crippen LogP contribution in [0.25, 0.3) is 0 Å². The number of para-hydroxylation sites is 1. The van der Waals surface area contributed by atoms with Crippen molar-refractivity contribution in [3.8, 4) is 0 Å². The lowest BCUT2D eigenvalue weighted by Crippen LogP contribution is -2.34. The molecule has 1 amide bonds. The third kappa shape index (κ3) is 3.07. The molecular formula is C16H19NO3. The lowest BCUT2D eigenvalue weighted by atomic mass is 9.82. The Hall–Kier alpha value is -2.10. The highest BCUT2D eigenvalue weighted by atomic mass is 16.4. The number of anilines is 1. The highest BCUT2D eigenvalue weighted by Gasteiger charge is 2.34. The lowest BCUT2D eigenvalue weighted by molar-refractivity contribution is -0.146. The van der Waals surface area contributed by atoms with Crippen molar-refractivity contribution in [2.75, 3.05) is 5.32 Å². The van der Waals surface area contributed by atoms with Gasteiger partial charge in [0, 0.05) is 5.69 Å². The van der Waals surface area contributed by atoms with Gasteiger partial charge < -0.3 is 10.4 Å². The zero-order valence-electron chi connectivity index (χ0n) is 11.5. The molecule has 4 heteroatoms. The van der Waals surface area contributed by atoms with E-state index in [0.29, 0.717) is 12.8 Å². The van der Waals surface area contributed by atoms with Crippen molar-refractivity contribution in [1.29, 1.82) is 0 Å². The van der Waals surface area contributed by atoms with Gasteiger partial charge in [-0.2, -0.15) is 0 Å². The van der Waals surface area contributed by atoms with Gasteiger partial charge in [0.2, 0.25) is 5.91 Å². The van der Waals surface area contributed by atoms with E-state index in [9.17, 15) is 14.7 Å². The standard InChI is InChI=1S/C16H19NO3/c1-2-11-7-3-6-10-14(11)17-15(18)12-8-4-5-9-13(12)16(19)20/h3-7,10,12-13H,2,8-9H2,1H3,(H,17,18)(H,19,20)/t12-,13-/m0/s1. The Balaban J connectivity index is 2.14. The lowest BCUT2D eigenvalue weighted by Gasteiger charge is -2.24. The first kappa shape index (κ1) is 14.3. The van der Waals surface area contributed by atoms with Crippen LogP contribution < -0.4 is 5.32 Å². The number of carbonyl (C=O) groups is 2. The first-order valence-electron chi connectivity index (χ1n) is 6.90. The Morgan fingerprint density at radius 1 is 1.20 bits per heavy atom. The molecule has 0 bridgehead atoms. The number of benzene rings is 1. The van der Waals surface area contributed by atoms with E-state index in [4.69, 9.17) is 0 Å². The summed E-state index contributed by atoms with van der Waals surface area (Å²) in [5.41, 5.74) is 1.83. The summed E-state index contributed by atoms with van der Waals surface area (Å²) < 4.78 is 0. The van der Waals surface area contributed by atoms with Crippen LogP contribution in [0.2, 0.25) is 0 Å². The van der Waals surface area contributed by atoms with E-state index in [1.165, 1.54) is 0 Å². The maximum atomic E-state index is 12.3. The summed E-state index contributed by atoms with van der Waals surface area (Å²) in [4.78, 5) is 23.6. The van der Waals surface area contributed by atoms with Crippen LogP contribution in [0.4, 0.5) is 5.69 Å². The van der Waals surface area contributed by atoms with Gasteiger partial charge in [0.15, 0.2) is 0 Å². The average molecular weight is 273 g/mol. The maximum Gasteiger partial charge on any atom is 0.307 e. The summed E-state index contributed by atoms with van der Waals surface area (Å²) in [6.45, 7) is 2.02. The molecule has 2 rings (SSSR count). The van der Waals surface area contributed by atoms with E-state index in [1.807, 2.05) is 43.3 Å². The number of carboxylic acid groups (broad SMARTS) is 1. The van der Waals surface area contributed by atoms with Crippen LogP contribution in [0.1, 0.15) is 25.3 Å². The topological polar surface area (TPSA) is 66.4 Å². The van der Waals surface area contributed by atoms with Crippen molar-refractivity contribution >= 4 is 17.6 Å². The van der Waals surface area contributed by atoms with Crippen LogP contribution >= 0.6 is 0 Å². The minimum absolute atomic E-state index is 0.206. The summed E-state index contributed by atoms with van der Waals surface area (Å²) in [7, 11) is 0. The molecule has 0 fully saturated rings. The van der Waals surface area contributed by atoms with E-state index < -0.39 is 17.8 Å². The van der Waals surface area contributed by atoms with Gasteiger partial charge in [-0.25, -0.2) is 0 Å². The minimum Gasteiger partial charge on any atom is -0.481 e. The monoisotopic (exact) mass is 273 g/mol. The highest BCUT2D eigenvalue weighted by Crippen LogP contribution is 2.27. The third-order valence-corrected chi connectivity index (χ3v) is 3.74. The van der Waals surface area contributed by atoms with Gasteiger partial charge >= 0.3 is 5.97 Å². The Morgan fingerprint density at radius 2 is 1.85 bits per heavy atom. The molecule has 4 nitrogen and oxygen atoms in total. The van der Waals surface area contributed by atoms with Gasteiger partial charge in [0.1, 0.15) is 0 Å². The molecule has 0 aliphatic heterocycles. The zero-order valence-corrected chi connectivity index (χ0v) is 11.5. The van der Waals surface area contributed by atoms with Gasteiger partial charge in [-0.3, -0.25) is 9.59 Å². The van der Waals surface area contributed by atoms with Crippen molar-refractivity contribution in [2.45, 2.75) is 26.2 Å². The SMILES string of the molecule is CCc1ccccc1NC(=O)[C@H]1CC=CC[C@@H]1C(=O)O. The molecule has 0 aromatic heterocycles. The normalized spacial score (nSPS) is 21.4. The van der Waals surface area contributed by atoms with Crippen LogP contribution in [0.5, 0.6) is 0 Å². The molecule has 0 saturated heterocycles. The largest absolute Gasteiger partial charge is 0.481 e. The van der Waals surface area contributed by atoms with Crippen LogP contribution in [0.3, 0.4) is 0 Å². The van der Waals surface area contributed by atoms with Crippen molar-refractivity contribution in [3.05, 3.63) is 42.0 Å². The molecule has 0 unspecified atom stereocenters. The molecule has 1 aliphatic rings. The number of nitrogens with one attached hydrogen (secondary N) is 1. The molecule has 0 spiro atoms. The van der Waals surface area contributed by atoms with Crippen molar-refractivity contribution < 1.29 is 14.7 Å². The number of aliphatic carboxylic acids is 1. The first-order chi connectivity index (χ1) is 9.63. The van der Waals surface area contributed by atoms with E-state index >= 15 is 0 Å². The van der Waals surface area contributed by atoms with Crippen molar-refractivity contribution in [3.63, 3.8) is 0 Å². The van der Waals surface area contributed by atoms with Gasteiger partial charge in [0.25, 0.3) is 0 Å². The summed E-state index contributed by atoms with van der Waals surface area (Å²) in [5.74, 6) is -2.24. The molecule has 20 heavy (non-hydrogen) atoms. The number of allylic oxidation sites excluding steroid dienone is 2. The third-order valence-electron chi connectivity index (χ3n) is 3.74. The Labute approximate surface area is 118 Å². The van der Waals surface area contributed by atoms with E-state index in [0.717, 1.165) is 17.7 Å². The second-order valence-electron chi connectivity index (χ2n) is 4.99. The van der Waals surface area contributed by atoms with Gasteiger partial charge in [-0.15, -0.1) is 0 Å². The summed E-state index contributed by atoms with van der Waals surface area (Å²) in [6, 6.07) is 7.61. The Morgan fingerprint density at radius 3 is 2.50 bits per heavy atom. The van der Waals surface area contributed by atoms with Crippen LogP contribution in [0, 0.1) is 11.8 Å². The number of amides is 1. The fraction of sp³-hybridized carbons (Fsp3) is 0.375. The molecule has 1 aromatic carbocycles. The van der Waals surface area contributed by atoms with Crippen molar-refractivity contribution in [1.82, 2.24) is 0 Å². The number of hydrogen-bond donors (Lipinski definition) is 2. The number of rotatable bonds is 4. The second kappa shape index (κ2) is 6.37. The molecule has 1 aliphatic carbocycles. The number of aryl methyl sites for hydroxylation is 1. The Bertz CT molecular complexity index is 536. The van der Waals surface area contributed by atoms with E-state index in [-0.39, 0.29) is 5.91 Å². The molecule has 0 heterocycles. The van der Waals surface area contributed by atoms with Gasteiger partial charge in [-0.1, -0.05) is 37.3 Å². The molecule has 1 aromatic rings. The highest BCUT2D eigenvalue weighted by molar-refractivity contribution is 5.96. The maximum absolute atomic E-state index is 12.3. The van der Waals surface area contributed by atoms with Gasteiger partial charge in [0.05, 0.1) is 11.8 Å². The number of carboxylic acids is 1. The molecule has 2 atom stereocenters. The fourth-order valence-corrected chi connectivity index (χ4v) is 2.55. The predicted octanol–water partition coefficient (Wildman–Crippen LogP) is 2.85. The van der Waals surface area contributed by atoms with Crippen molar-refractivity contribution in [2.24, 2.45) is 11.8 Å². The molecule has 0 saturated carbocycles. The predicted molar refractivity (Wildman–Crippen MR) is 77.4 cm³/mol. The van der Waals surface area contributed by atoms with E-state index in [1.54, 1.807) is 0 Å². The first-order valence-corrected chi connectivity index (χ1v) is 6.90. The second-order valence-corrected chi connectivity index (χ2v) is 4.99. The summed E-state index contributed by atoms with van der Waals surface area (Å²) in [6.07, 6.45) is 5.45. The molecular weight excluding hydrogens is 254 g/mol. The summed E-state index contributed by atoms with van der Waals surface area (Å²) >= 11 is 0. The number of hydrogen-bond acceptors (Lipinski definition) is 2. The molecule has 0 radical (unpaired) electrons. The van der Waals surface area contributed by atoms with Crippen LogP contribution in [-0.4, -0.2) is 17.0 Å². The minimum atomic E-state index is -0.904. The number of carbonyl (C=O) groups excluding carboxylic acids is 1. The van der Waals surface area contributed by atoms with E-state index in [2.05, 4.69) is 5.32 Å². The zero-order chi connectivity index (χ0) is 14.5. The van der Waals surface area contributed by atoms with Crippen LogP contribution in [0.15, 0.2) is 36.4 Å². The molecule has 106 valence electrons. The molecule has 2 N–H and O–H groups in total. The summed E-state index contributed by atoms with van der Waals surface area (Å²) in [5, 5.41) is 12.1. The Kier molecular flexibility index (Phi) is 4.56.